The number of aliphatic imine (C=N–C) groups is 1. The number of nitrogens with zero attached hydrogens (tertiary/aromatic N) is 1. The third kappa shape index (κ3) is 5.58. The summed E-state index contributed by atoms with van der Waals surface area (Å²) in [5.74, 6) is 2.04. The van der Waals surface area contributed by atoms with E-state index in [1.54, 1.807) is 6.26 Å². The Morgan fingerprint density at radius 2 is 1.64 bits per heavy atom. The van der Waals surface area contributed by atoms with E-state index in [1.807, 2.05) is 86.6 Å². The van der Waals surface area contributed by atoms with Crippen LogP contribution in [-0.2, 0) is 6.42 Å². The summed E-state index contributed by atoms with van der Waals surface area (Å²) in [6.07, 6.45) is 2.63. The first-order valence-corrected chi connectivity index (χ1v) is 9.45. The van der Waals surface area contributed by atoms with Crippen molar-refractivity contribution in [2.24, 2.45) is 4.99 Å². The van der Waals surface area contributed by atoms with E-state index >= 15 is 0 Å². The standard InChI is InChI=1S/C25H25NO2/c1-4-21-9-8-12-24(17-21)28-25(26-22-10-6-5-7-11-22)20(3)18-27-23-15-13-19(2)14-16-23/h5-18H,4H2,1-3H3/b20-18+,26-25?. The maximum atomic E-state index is 6.13. The minimum atomic E-state index is 0.506. The first kappa shape index (κ1) is 19.4. The van der Waals surface area contributed by atoms with Crippen molar-refractivity contribution in [3.05, 3.63) is 102 Å². The third-order valence-electron chi connectivity index (χ3n) is 4.24. The van der Waals surface area contributed by atoms with Gasteiger partial charge in [0.05, 0.1) is 11.9 Å². The molecule has 0 spiro atoms. The number of aryl methyl sites for hydroxylation is 2. The third-order valence-corrected chi connectivity index (χ3v) is 4.24. The monoisotopic (exact) mass is 371 g/mol. The van der Waals surface area contributed by atoms with Gasteiger partial charge in [-0.3, -0.25) is 0 Å². The van der Waals surface area contributed by atoms with E-state index in [0.717, 1.165) is 29.2 Å². The largest absolute Gasteiger partial charge is 0.465 e. The number of benzene rings is 3. The van der Waals surface area contributed by atoms with Crippen LogP contribution in [0.25, 0.3) is 0 Å². The van der Waals surface area contributed by atoms with Crippen molar-refractivity contribution in [1.29, 1.82) is 0 Å². The first-order chi connectivity index (χ1) is 13.6. The van der Waals surface area contributed by atoms with Gasteiger partial charge in [-0.25, -0.2) is 4.99 Å². The van der Waals surface area contributed by atoms with Crippen molar-refractivity contribution in [1.82, 2.24) is 0 Å². The number of hydrogen-bond acceptors (Lipinski definition) is 3. The molecule has 0 fully saturated rings. The lowest BCUT2D eigenvalue weighted by molar-refractivity contribution is 0.473. The van der Waals surface area contributed by atoms with Gasteiger partial charge in [0.25, 0.3) is 0 Å². The summed E-state index contributed by atoms with van der Waals surface area (Å²) in [4.78, 5) is 4.68. The second-order valence-corrected chi connectivity index (χ2v) is 6.59. The summed E-state index contributed by atoms with van der Waals surface area (Å²) in [7, 11) is 0. The van der Waals surface area contributed by atoms with Crippen LogP contribution >= 0.6 is 0 Å². The molecule has 3 nitrogen and oxygen atoms in total. The molecule has 0 heterocycles. The predicted molar refractivity (Wildman–Crippen MR) is 116 cm³/mol. The van der Waals surface area contributed by atoms with E-state index in [1.165, 1.54) is 11.1 Å². The van der Waals surface area contributed by atoms with E-state index in [4.69, 9.17) is 9.47 Å². The summed E-state index contributed by atoms with van der Waals surface area (Å²) in [6.45, 7) is 6.10. The molecule has 28 heavy (non-hydrogen) atoms. The van der Waals surface area contributed by atoms with Crippen molar-refractivity contribution >= 4 is 11.6 Å². The normalized spacial score (nSPS) is 12.0. The van der Waals surface area contributed by atoms with Gasteiger partial charge < -0.3 is 9.47 Å². The zero-order chi connectivity index (χ0) is 19.8. The van der Waals surface area contributed by atoms with Crippen LogP contribution in [-0.4, -0.2) is 5.90 Å². The van der Waals surface area contributed by atoms with Crippen molar-refractivity contribution < 1.29 is 9.47 Å². The van der Waals surface area contributed by atoms with Crippen molar-refractivity contribution in [3.8, 4) is 11.5 Å². The molecule has 0 atom stereocenters. The minimum absolute atomic E-state index is 0.506. The molecule has 3 rings (SSSR count). The second-order valence-electron chi connectivity index (χ2n) is 6.59. The predicted octanol–water partition coefficient (Wildman–Crippen LogP) is 6.65. The number of ether oxygens (including phenoxy) is 2. The Hall–Kier alpha value is -3.33. The van der Waals surface area contributed by atoms with Crippen LogP contribution in [0.1, 0.15) is 25.0 Å². The lowest BCUT2D eigenvalue weighted by Crippen LogP contribution is -2.11. The Labute approximate surface area is 167 Å². The summed E-state index contributed by atoms with van der Waals surface area (Å²) in [5, 5.41) is 0. The average Bonchev–Trinajstić information content (AvgIpc) is 2.73. The number of hydrogen-bond donors (Lipinski definition) is 0. The fourth-order valence-electron chi connectivity index (χ4n) is 2.58. The van der Waals surface area contributed by atoms with Crippen molar-refractivity contribution in [2.75, 3.05) is 0 Å². The Kier molecular flexibility index (Phi) is 6.64. The summed E-state index contributed by atoms with van der Waals surface area (Å²) < 4.78 is 11.9. The van der Waals surface area contributed by atoms with Crippen LogP contribution in [0.3, 0.4) is 0 Å². The SMILES string of the molecule is CCc1cccc(OC(=Nc2ccccc2)/C(C)=C/Oc2ccc(C)cc2)c1. The van der Waals surface area contributed by atoms with Gasteiger partial charge in [-0.2, -0.15) is 0 Å². The lowest BCUT2D eigenvalue weighted by atomic mass is 10.2. The molecule has 0 N–H and O–H groups in total. The first-order valence-electron chi connectivity index (χ1n) is 9.45. The fourth-order valence-corrected chi connectivity index (χ4v) is 2.58. The molecule has 0 bridgehead atoms. The smallest absolute Gasteiger partial charge is 0.225 e. The molecule has 0 saturated carbocycles. The molecule has 142 valence electrons. The van der Waals surface area contributed by atoms with Gasteiger partial charge in [-0.05, 0) is 62.2 Å². The van der Waals surface area contributed by atoms with Crippen LogP contribution in [0.5, 0.6) is 11.5 Å². The van der Waals surface area contributed by atoms with Gasteiger partial charge in [-0.1, -0.05) is 55.0 Å². The molecule has 3 aromatic rings. The maximum absolute atomic E-state index is 6.13. The number of para-hydroxylation sites is 1. The van der Waals surface area contributed by atoms with Gasteiger partial charge in [0.2, 0.25) is 5.90 Å². The average molecular weight is 371 g/mol. The molecule has 0 amide bonds. The molecule has 0 saturated heterocycles. The highest BCUT2D eigenvalue weighted by atomic mass is 16.5. The highest BCUT2D eigenvalue weighted by Gasteiger charge is 2.08. The summed E-state index contributed by atoms with van der Waals surface area (Å²) >= 11 is 0. The zero-order valence-electron chi connectivity index (χ0n) is 16.6. The van der Waals surface area contributed by atoms with Crippen molar-refractivity contribution in [2.45, 2.75) is 27.2 Å². The van der Waals surface area contributed by atoms with Gasteiger partial charge >= 0.3 is 0 Å². The summed E-state index contributed by atoms with van der Waals surface area (Å²) in [6, 6.07) is 25.7. The Morgan fingerprint density at radius 1 is 0.893 bits per heavy atom. The quantitative estimate of drug-likeness (QED) is 0.276. The Balaban J connectivity index is 1.87. The van der Waals surface area contributed by atoms with E-state index in [9.17, 15) is 0 Å². The van der Waals surface area contributed by atoms with Crippen LogP contribution in [0.15, 0.2) is 95.7 Å². The molecule has 0 unspecified atom stereocenters. The Bertz CT molecular complexity index is 957. The van der Waals surface area contributed by atoms with Crippen LogP contribution in [0.2, 0.25) is 0 Å². The van der Waals surface area contributed by atoms with E-state index in [2.05, 4.69) is 18.0 Å². The molecule has 3 aromatic carbocycles. The molecule has 0 aliphatic rings. The fraction of sp³-hybridized carbons (Fsp3) is 0.160. The second kappa shape index (κ2) is 9.56. The molecule has 0 radical (unpaired) electrons. The molecular formula is C25H25NO2. The van der Waals surface area contributed by atoms with Gasteiger partial charge in [-0.15, -0.1) is 0 Å². The van der Waals surface area contributed by atoms with E-state index in [0.29, 0.717) is 5.90 Å². The zero-order valence-corrected chi connectivity index (χ0v) is 16.6. The van der Waals surface area contributed by atoms with Crippen LogP contribution in [0, 0.1) is 6.92 Å². The number of rotatable bonds is 6. The molecule has 0 aromatic heterocycles. The van der Waals surface area contributed by atoms with Gasteiger partial charge in [0.1, 0.15) is 11.5 Å². The topological polar surface area (TPSA) is 30.8 Å². The van der Waals surface area contributed by atoms with Gasteiger partial charge in [0.15, 0.2) is 0 Å². The Morgan fingerprint density at radius 3 is 2.36 bits per heavy atom. The van der Waals surface area contributed by atoms with Crippen LogP contribution < -0.4 is 9.47 Å². The molecule has 0 aliphatic heterocycles. The molecule has 0 aliphatic carbocycles. The highest BCUT2D eigenvalue weighted by Crippen LogP contribution is 2.20. The minimum Gasteiger partial charge on any atom is -0.465 e. The lowest BCUT2D eigenvalue weighted by Gasteiger charge is -2.11. The van der Waals surface area contributed by atoms with Crippen molar-refractivity contribution in [3.63, 3.8) is 0 Å². The van der Waals surface area contributed by atoms with Crippen LogP contribution in [0.4, 0.5) is 5.69 Å². The van der Waals surface area contributed by atoms with Gasteiger partial charge in [0, 0.05) is 5.57 Å². The molecule has 3 heteroatoms. The molecular weight excluding hydrogens is 346 g/mol. The van der Waals surface area contributed by atoms with E-state index in [-0.39, 0.29) is 0 Å². The maximum Gasteiger partial charge on any atom is 0.225 e. The summed E-state index contributed by atoms with van der Waals surface area (Å²) in [5.41, 5.74) is 4.03. The van der Waals surface area contributed by atoms with E-state index < -0.39 is 0 Å². The highest BCUT2D eigenvalue weighted by molar-refractivity contribution is 5.96.